The van der Waals surface area contributed by atoms with Gasteiger partial charge in [0, 0.05) is 22.3 Å². The molecule has 6 aromatic carbocycles. The zero-order valence-corrected chi connectivity index (χ0v) is 30.9. The third-order valence-electron chi connectivity index (χ3n) is 11.0. The van der Waals surface area contributed by atoms with Gasteiger partial charge >= 0.3 is 0 Å². The Morgan fingerprint density at radius 3 is 1.37 bits per heavy atom. The minimum absolute atomic E-state index is 0.592. The summed E-state index contributed by atoms with van der Waals surface area (Å²) in [5.74, 6) is 2.56. The first kappa shape index (κ1) is 30.1. The van der Waals surface area contributed by atoms with E-state index in [9.17, 15) is 0 Å². The molecule has 0 N–H and O–H groups in total. The van der Waals surface area contributed by atoms with E-state index < -0.39 is 16.1 Å². The van der Waals surface area contributed by atoms with Crippen LogP contribution in [0.5, 0.6) is 0 Å². The second kappa shape index (κ2) is 10.9. The zero-order valence-electron chi connectivity index (χ0n) is 28.9. The van der Waals surface area contributed by atoms with Crippen LogP contribution >= 0.6 is 0 Å². The van der Waals surface area contributed by atoms with Crippen LogP contribution in [-0.4, -0.2) is 36.1 Å². The minimum atomic E-state index is -1.79. The van der Waals surface area contributed by atoms with Crippen molar-refractivity contribution >= 4 is 48.0 Å². The largest absolute Gasteiger partial charge is 0.436 e. The molecule has 0 aliphatic carbocycles. The lowest BCUT2D eigenvalue weighted by Gasteiger charge is -2.19. The number of hydrogen-bond donors (Lipinski definition) is 0. The van der Waals surface area contributed by atoms with Crippen LogP contribution in [-0.2, 0) is 0 Å². The van der Waals surface area contributed by atoms with E-state index in [1.165, 1.54) is 43.0 Å². The molecule has 4 heterocycles. The first-order valence-electron chi connectivity index (χ1n) is 17.5. The predicted octanol–water partition coefficient (Wildman–Crippen LogP) is 8.29. The molecule has 7 heteroatoms. The van der Waals surface area contributed by atoms with E-state index in [0.29, 0.717) is 23.4 Å². The highest BCUT2D eigenvalue weighted by atomic mass is 28.3. The van der Waals surface area contributed by atoms with Crippen LogP contribution in [0.4, 0.5) is 0 Å². The Bertz CT molecular complexity index is 2550. The summed E-state index contributed by atoms with van der Waals surface area (Å²) in [6, 6.07) is 47.4. The molecule has 2 aliphatic rings. The predicted molar refractivity (Wildman–Crippen MR) is 214 cm³/mol. The SMILES string of the molecule is C[Si]1(C)c2ccccc2-c2cc(-c3nc(-c4ccc(-c5nc6ccccc6o5)cc4)nc(-c4ccc5c(c4)-c4ccccc4[Si]5(C)C)n3)ccc21. The van der Waals surface area contributed by atoms with E-state index in [-0.39, 0.29) is 0 Å². The van der Waals surface area contributed by atoms with Crippen LogP contribution in [0.25, 0.3) is 79.0 Å². The number of aromatic nitrogens is 4. The fraction of sp³-hybridized carbons (Fsp3) is 0.0909. The van der Waals surface area contributed by atoms with Gasteiger partial charge in [0.1, 0.15) is 21.7 Å². The Balaban J connectivity index is 1.12. The quantitative estimate of drug-likeness (QED) is 0.174. The molecule has 0 spiro atoms. The molecule has 0 radical (unpaired) electrons. The van der Waals surface area contributed by atoms with E-state index in [0.717, 1.165) is 33.4 Å². The summed E-state index contributed by atoms with van der Waals surface area (Å²) < 4.78 is 6.06. The van der Waals surface area contributed by atoms with Crippen molar-refractivity contribution in [3.8, 4) is 67.9 Å². The average molecular weight is 691 g/mol. The summed E-state index contributed by atoms with van der Waals surface area (Å²) in [5.41, 5.74) is 10.7. The second-order valence-electron chi connectivity index (χ2n) is 14.7. The van der Waals surface area contributed by atoms with E-state index in [1.807, 2.05) is 48.5 Å². The lowest BCUT2D eigenvalue weighted by atomic mass is 10.0. The highest BCUT2D eigenvalue weighted by Crippen LogP contribution is 2.35. The topological polar surface area (TPSA) is 64.7 Å². The summed E-state index contributed by atoms with van der Waals surface area (Å²) in [4.78, 5) is 20.2. The highest BCUT2D eigenvalue weighted by molar-refractivity contribution is 7.04. The van der Waals surface area contributed by atoms with Crippen LogP contribution < -0.4 is 20.7 Å². The van der Waals surface area contributed by atoms with Gasteiger partial charge in [0.25, 0.3) is 0 Å². The zero-order chi connectivity index (χ0) is 34.5. The van der Waals surface area contributed by atoms with E-state index in [2.05, 4.69) is 111 Å². The van der Waals surface area contributed by atoms with Crippen molar-refractivity contribution in [2.45, 2.75) is 26.2 Å². The highest BCUT2D eigenvalue weighted by Gasteiger charge is 2.38. The number of oxazole rings is 1. The Kier molecular flexibility index (Phi) is 6.41. The van der Waals surface area contributed by atoms with Gasteiger partial charge in [-0.15, -0.1) is 0 Å². The fourth-order valence-electron chi connectivity index (χ4n) is 8.24. The number of nitrogens with zero attached hydrogens (tertiary/aromatic N) is 4. The second-order valence-corrected chi connectivity index (χ2v) is 23.4. The number of rotatable bonds is 4. The summed E-state index contributed by atoms with van der Waals surface area (Å²) in [5, 5.41) is 5.89. The van der Waals surface area contributed by atoms with Gasteiger partial charge in [-0.1, -0.05) is 123 Å². The number of hydrogen-bond acceptors (Lipinski definition) is 5. The normalized spacial score (nSPS) is 14.6. The van der Waals surface area contributed by atoms with Gasteiger partial charge in [0.15, 0.2) is 23.1 Å². The van der Waals surface area contributed by atoms with Crippen molar-refractivity contribution < 1.29 is 4.42 Å². The molecule has 5 nitrogen and oxygen atoms in total. The summed E-state index contributed by atoms with van der Waals surface area (Å²) >= 11 is 0. The number of para-hydroxylation sites is 2. The van der Waals surface area contributed by atoms with Crippen molar-refractivity contribution in [1.29, 1.82) is 0 Å². The molecule has 8 aromatic rings. The molecule has 0 saturated heterocycles. The van der Waals surface area contributed by atoms with Crippen LogP contribution in [0.1, 0.15) is 0 Å². The molecule has 0 bridgehead atoms. The van der Waals surface area contributed by atoms with Crippen LogP contribution in [0.3, 0.4) is 0 Å². The standard InChI is InChI=1S/C44H34N4OSi2/c1-50(2)37-15-9-5-11-31(37)33-25-29(21-23-39(33)50)42-46-41(27-17-19-28(20-18-27)44-45-35-13-7-8-14-36(35)49-44)47-43(48-42)30-22-24-40-34(26-30)32-12-6-10-16-38(32)51(40,3)4/h5-26H,1-4H3. The van der Waals surface area contributed by atoms with Crippen molar-refractivity contribution in [2.24, 2.45) is 0 Å². The Hall–Kier alpha value is -5.77. The van der Waals surface area contributed by atoms with Gasteiger partial charge in [0.05, 0.1) is 0 Å². The molecule has 244 valence electrons. The lowest BCUT2D eigenvalue weighted by molar-refractivity contribution is 0.620. The maximum Gasteiger partial charge on any atom is 0.227 e. The molecule has 2 aromatic heterocycles. The Morgan fingerprint density at radius 1 is 0.392 bits per heavy atom. The third kappa shape index (κ3) is 4.58. The van der Waals surface area contributed by atoms with Gasteiger partial charge in [-0.05, 0) is 79.4 Å². The van der Waals surface area contributed by atoms with E-state index >= 15 is 0 Å². The first-order chi connectivity index (χ1) is 24.8. The fourth-order valence-corrected chi connectivity index (χ4v) is 14.4. The lowest BCUT2D eigenvalue weighted by Crippen LogP contribution is -2.49. The smallest absolute Gasteiger partial charge is 0.227 e. The number of fused-ring (bicyclic) bond motifs is 7. The van der Waals surface area contributed by atoms with Gasteiger partial charge in [-0.3, -0.25) is 0 Å². The molecular formula is C44H34N4OSi2. The molecule has 0 saturated carbocycles. The Labute approximate surface area is 298 Å². The monoisotopic (exact) mass is 690 g/mol. The summed E-state index contributed by atoms with van der Waals surface area (Å²) in [6.07, 6.45) is 0. The van der Waals surface area contributed by atoms with Gasteiger partial charge in [0.2, 0.25) is 5.89 Å². The molecule has 0 amide bonds. The molecule has 0 unspecified atom stereocenters. The van der Waals surface area contributed by atoms with Crippen molar-refractivity contribution in [3.63, 3.8) is 0 Å². The maximum absolute atomic E-state index is 6.06. The van der Waals surface area contributed by atoms with E-state index in [4.69, 9.17) is 24.4 Å². The molecule has 2 aliphatic heterocycles. The molecular weight excluding hydrogens is 657 g/mol. The Morgan fingerprint density at radius 2 is 0.824 bits per heavy atom. The first-order valence-corrected chi connectivity index (χ1v) is 23.5. The van der Waals surface area contributed by atoms with Gasteiger partial charge in [-0.25, -0.2) is 19.9 Å². The third-order valence-corrected chi connectivity index (χ3v) is 18.1. The summed E-state index contributed by atoms with van der Waals surface area (Å²) in [6.45, 7) is 9.77. The van der Waals surface area contributed by atoms with Crippen LogP contribution in [0.2, 0.25) is 26.2 Å². The molecule has 10 rings (SSSR count). The van der Waals surface area contributed by atoms with Gasteiger partial charge in [-0.2, -0.15) is 0 Å². The maximum atomic E-state index is 6.06. The molecule has 0 atom stereocenters. The van der Waals surface area contributed by atoms with E-state index in [1.54, 1.807) is 0 Å². The average Bonchev–Trinajstić information content (AvgIpc) is 3.78. The van der Waals surface area contributed by atoms with Gasteiger partial charge < -0.3 is 4.42 Å². The minimum Gasteiger partial charge on any atom is -0.436 e. The summed E-state index contributed by atoms with van der Waals surface area (Å²) in [7, 11) is -3.58. The van der Waals surface area contributed by atoms with Crippen molar-refractivity contribution in [1.82, 2.24) is 19.9 Å². The molecule has 0 fully saturated rings. The number of benzene rings is 6. The van der Waals surface area contributed by atoms with Crippen LogP contribution in [0, 0.1) is 0 Å². The van der Waals surface area contributed by atoms with Crippen molar-refractivity contribution in [3.05, 3.63) is 133 Å². The molecule has 51 heavy (non-hydrogen) atoms. The van der Waals surface area contributed by atoms with Crippen LogP contribution in [0.15, 0.2) is 138 Å². The van der Waals surface area contributed by atoms with Crippen molar-refractivity contribution in [2.75, 3.05) is 0 Å².